The van der Waals surface area contributed by atoms with Gasteiger partial charge in [0.15, 0.2) is 0 Å². The molecule has 1 N–H and O–H groups in total. The van der Waals surface area contributed by atoms with Crippen molar-refractivity contribution < 1.29 is 8.42 Å². The van der Waals surface area contributed by atoms with E-state index in [1.807, 2.05) is 30.3 Å². The maximum atomic E-state index is 11.9. The summed E-state index contributed by atoms with van der Waals surface area (Å²) >= 11 is 0. The van der Waals surface area contributed by atoms with Crippen molar-refractivity contribution in [2.75, 3.05) is 19.3 Å². The van der Waals surface area contributed by atoms with Crippen molar-refractivity contribution in [1.82, 2.24) is 14.6 Å². The van der Waals surface area contributed by atoms with Crippen LogP contribution in [0.4, 0.5) is 0 Å². The van der Waals surface area contributed by atoms with Gasteiger partial charge in [0.1, 0.15) is 0 Å². The van der Waals surface area contributed by atoms with Crippen LogP contribution in [0.1, 0.15) is 30.0 Å². The Morgan fingerprint density at radius 3 is 2.50 bits per heavy atom. The lowest BCUT2D eigenvalue weighted by atomic mass is 9.99. The molecule has 2 heterocycles. The maximum Gasteiger partial charge on any atom is 0.211 e. The van der Waals surface area contributed by atoms with E-state index in [2.05, 4.69) is 22.4 Å². The Bertz CT molecular complexity index is 711. The van der Waals surface area contributed by atoms with Crippen LogP contribution in [-0.4, -0.2) is 43.1 Å². The lowest BCUT2D eigenvalue weighted by Gasteiger charge is -2.26. The molecule has 1 aromatic heterocycles. The Morgan fingerprint density at radius 2 is 1.83 bits per heavy atom. The molecule has 0 amide bonds. The van der Waals surface area contributed by atoms with Gasteiger partial charge in [-0.15, -0.1) is 0 Å². The van der Waals surface area contributed by atoms with Crippen LogP contribution in [-0.2, 0) is 10.0 Å². The second kappa shape index (κ2) is 7.42. The highest BCUT2D eigenvalue weighted by Crippen LogP contribution is 2.24. The summed E-state index contributed by atoms with van der Waals surface area (Å²) in [4.78, 5) is 4.09. The Balaban J connectivity index is 1.78. The van der Waals surface area contributed by atoms with Gasteiger partial charge >= 0.3 is 0 Å². The van der Waals surface area contributed by atoms with E-state index in [1.165, 1.54) is 6.26 Å². The van der Waals surface area contributed by atoms with Gasteiger partial charge in [-0.2, -0.15) is 4.31 Å². The highest BCUT2D eigenvalue weighted by Gasteiger charge is 2.31. The fraction of sp³-hybridized carbons (Fsp3) is 0.389. The van der Waals surface area contributed by atoms with Crippen LogP contribution in [0.15, 0.2) is 54.9 Å². The van der Waals surface area contributed by atoms with E-state index in [0.717, 1.165) is 24.0 Å². The summed E-state index contributed by atoms with van der Waals surface area (Å²) in [6.45, 7) is 1.26. The molecule has 1 saturated heterocycles. The van der Waals surface area contributed by atoms with Gasteiger partial charge in [-0.1, -0.05) is 30.3 Å². The highest BCUT2D eigenvalue weighted by atomic mass is 32.2. The molecule has 0 unspecified atom stereocenters. The fourth-order valence-electron chi connectivity index (χ4n) is 3.33. The van der Waals surface area contributed by atoms with Gasteiger partial charge in [-0.3, -0.25) is 4.98 Å². The summed E-state index contributed by atoms with van der Waals surface area (Å²) in [6.07, 6.45) is 6.68. The first-order valence-corrected chi connectivity index (χ1v) is 10.1. The van der Waals surface area contributed by atoms with E-state index >= 15 is 0 Å². The standard InChI is InChI=1S/C18H23N3O2S/c1-24(22,23)21-13-5-8-17(21)14-20-18(15-6-3-2-4-7-15)16-9-11-19-12-10-16/h2-4,6-7,9-12,17-18,20H,5,8,13-14H2,1H3/t17-,18-/m1/s1. The Hall–Kier alpha value is -1.76. The first-order chi connectivity index (χ1) is 11.6. The minimum Gasteiger partial charge on any atom is -0.305 e. The molecule has 0 spiro atoms. The van der Waals surface area contributed by atoms with Crippen molar-refractivity contribution in [2.45, 2.75) is 24.9 Å². The van der Waals surface area contributed by atoms with Gasteiger partial charge in [0.25, 0.3) is 0 Å². The average Bonchev–Trinajstić information content (AvgIpc) is 3.06. The van der Waals surface area contributed by atoms with E-state index in [0.29, 0.717) is 13.1 Å². The quantitative estimate of drug-likeness (QED) is 0.872. The summed E-state index contributed by atoms with van der Waals surface area (Å²) < 4.78 is 25.5. The smallest absolute Gasteiger partial charge is 0.211 e. The molecule has 6 heteroatoms. The second-order valence-electron chi connectivity index (χ2n) is 6.20. The summed E-state index contributed by atoms with van der Waals surface area (Å²) in [7, 11) is -3.15. The number of rotatable bonds is 6. The molecule has 1 fully saturated rings. The molecule has 5 nitrogen and oxygen atoms in total. The first-order valence-electron chi connectivity index (χ1n) is 8.21. The van der Waals surface area contributed by atoms with Crippen molar-refractivity contribution in [3.8, 4) is 0 Å². The topological polar surface area (TPSA) is 62.3 Å². The summed E-state index contributed by atoms with van der Waals surface area (Å²) in [5.74, 6) is 0. The molecule has 128 valence electrons. The lowest BCUT2D eigenvalue weighted by molar-refractivity contribution is 0.367. The molecule has 24 heavy (non-hydrogen) atoms. The minimum absolute atomic E-state index is 0.0213. The van der Waals surface area contributed by atoms with E-state index in [-0.39, 0.29) is 12.1 Å². The van der Waals surface area contributed by atoms with Crippen molar-refractivity contribution in [3.05, 3.63) is 66.0 Å². The number of aromatic nitrogens is 1. The van der Waals surface area contributed by atoms with Gasteiger partial charge in [0, 0.05) is 31.5 Å². The van der Waals surface area contributed by atoms with Gasteiger partial charge in [-0.25, -0.2) is 8.42 Å². The molecular formula is C18H23N3O2S. The van der Waals surface area contributed by atoms with Crippen molar-refractivity contribution >= 4 is 10.0 Å². The van der Waals surface area contributed by atoms with Crippen LogP contribution >= 0.6 is 0 Å². The van der Waals surface area contributed by atoms with Gasteiger partial charge in [-0.05, 0) is 36.1 Å². The third-order valence-electron chi connectivity index (χ3n) is 4.48. The largest absolute Gasteiger partial charge is 0.305 e. The average molecular weight is 345 g/mol. The van der Waals surface area contributed by atoms with E-state index in [1.54, 1.807) is 16.7 Å². The summed E-state index contributed by atoms with van der Waals surface area (Å²) in [5, 5.41) is 3.56. The van der Waals surface area contributed by atoms with Crippen LogP contribution < -0.4 is 5.32 Å². The number of nitrogens with one attached hydrogen (secondary N) is 1. The SMILES string of the molecule is CS(=O)(=O)N1CCC[C@@H]1CN[C@H](c1ccccc1)c1ccncc1. The van der Waals surface area contributed by atoms with E-state index in [9.17, 15) is 8.42 Å². The Labute approximate surface area is 143 Å². The highest BCUT2D eigenvalue weighted by molar-refractivity contribution is 7.88. The van der Waals surface area contributed by atoms with Crippen LogP contribution in [0, 0.1) is 0 Å². The zero-order valence-electron chi connectivity index (χ0n) is 13.8. The number of hydrogen-bond acceptors (Lipinski definition) is 4. The second-order valence-corrected chi connectivity index (χ2v) is 8.14. The first kappa shape index (κ1) is 17.1. The molecule has 2 aromatic rings. The normalized spacial score (nSPS) is 20.1. The Morgan fingerprint density at radius 1 is 1.17 bits per heavy atom. The van der Waals surface area contributed by atoms with Crippen molar-refractivity contribution in [1.29, 1.82) is 0 Å². The molecular weight excluding hydrogens is 322 g/mol. The molecule has 1 aromatic carbocycles. The zero-order chi connectivity index (χ0) is 17.0. The number of benzene rings is 1. The molecule has 0 aliphatic carbocycles. The zero-order valence-corrected chi connectivity index (χ0v) is 14.6. The molecule has 2 atom stereocenters. The van der Waals surface area contributed by atoms with Gasteiger partial charge < -0.3 is 5.32 Å². The third-order valence-corrected chi connectivity index (χ3v) is 5.81. The lowest BCUT2D eigenvalue weighted by Crippen LogP contribution is -2.42. The van der Waals surface area contributed by atoms with Crippen LogP contribution in [0.25, 0.3) is 0 Å². The fourth-order valence-corrected chi connectivity index (χ4v) is 4.52. The predicted octanol–water partition coefficient (Wildman–Crippen LogP) is 2.18. The molecule has 1 aliphatic heterocycles. The molecule has 0 radical (unpaired) electrons. The number of nitrogens with zero attached hydrogens (tertiary/aromatic N) is 2. The van der Waals surface area contributed by atoms with Crippen molar-refractivity contribution in [2.24, 2.45) is 0 Å². The van der Waals surface area contributed by atoms with Gasteiger partial charge in [0.05, 0.1) is 12.3 Å². The predicted molar refractivity (Wildman–Crippen MR) is 95.1 cm³/mol. The number of hydrogen-bond donors (Lipinski definition) is 1. The minimum atomic E-state index is -3.15. The number of pyridine rings is 1. The summed E-state index contributed by atoms with van der Waals surface area (Å²) in [6, 6.07) is 14.2. The van der Waals surface area contributed by atoms with Crippen LogP contribution in [0.3, 0.4) is 0 Å². The molecule has 0 bridgehead atoms. The maximum absolute atomic E-state index is 11.9. The van der Waals surface area contributed by atoms with Gasteiger partial charge in [0.2, 0.25) is 10.0 Å². The monoisotopic (exact) mass is 345 g/mol. The van der Waals surface area contributed by atoms with E-state index < -0.39 is 10.0 Å². The number of sulfonamides is 1. The van der Waals surface area contributed by atoms with Crippen LogP contribution in [0.5, 0.6) is 0 Å². The van der Waals surface area contributed by atoms with Crippen molar-refractivity contribution in [3.63, 3.8) is 0 Å². The molecule has 3 rings (SSSR count). The molecule has 0 saturated carbocycles. The third kappa shape index (κ3) is 4.01. The molecule has 1 aliphatic rings. The van der Waals surface area contributed by atoms with E-state index in [4.69, 9.17) is 0 Å². The summed E-state index contributed by atoms with van der Waals surface area (Å²) in [5.41, 5.74) is 2.28. The Kier molecular flexibility index (Phi) is 5.28. The van der Waals surface area contributed by atoms with Crippen LogP contribution in [0.2, 0.25) is 0 Å².